The number of carbonyl (C=O) groups excluding carboxylic acids is 1. The van der Waals surface area contributed by atoms with Gasteiger partial charge in [-0.3, -0.25) is 4.79 Å². The average molecular weight is 390 g/mol. The Hall–Kier alpha value is -2.74. The Balaban J connectivity index is 1.64. The highest BCUT2D eigenvalue weighted by Crippen LogP contribution is 2.25. The summed E-state index contributed by atoms with van der Waals surface area (Å²) >= 11 is 1.06. The summed E-state index contributed by atoms with van der Waals surface area (Å²) < 4.78 is 35.0. The summed E-state index contributed by atoms with van der Waals surface area (Å²) in [5.74, 6) is -0.0946. The molecule has 5 nitrogen and oxygen atoms in total. The predicted octanol–water partition coefficient (Wildman–Crippen LogP) is 4.55. The van der Waals surface area contributed by atoms with Gasteiger partial charge in [-0.05, 0) is 24.6 Å². The Morgan fingerprint density at radius 1 is 1.19 bits per heavy atom. The molecule has 3 aromatic rings. The Bertz CT molecular complexity index is 916. The molecule has 1 aromatic heterocycles. The van der Waals surface area contributed by atoms with Crippen LogP contribution in [0.25, 0.3) is 0 Å². The van der Waals surface area contributed by atoms with Crippen molar-refractivity contribution in [1.82, 2.24) is 10.2 Å². The number of carbonyl (C=O) groups is 1. The molecule has 0 saturated carbocycles. The van der Waals surface area contributed by atoms with Crippen LogP contribution in [-0.4, -0.2) is 28.3 Å². The Labute approximate surface area is 158 Å². The van der Waals surface area contributed by atoms with E-state index in [9.17, 15) is 13.6 Å². The van der Waals surface area contributed by atoms with E-state index in [1.165, 1.54) is 12.1 Å². The van der Waals surface area contributed by atoms with Crippen LogP contribution in [-0.2, 0) is 6.42 Å². The van der Waals surface area contributed by atoms with Gasteiger partial charge in [-0.1, -0.05) is 53.7 Å². The van der Waals surface area contributed by atoms with Crippen LogP contribution in [0, 0.1) is 6.92 Å². The molecule has 0 aliphatic rings. The standard InChI is InChI=1S/C19H16F2N2O3S/c1-12-7-8-16(25-18(20)21)14(9-12)15(24)11-27-19-23-22-17(26-19)10-13-5-3-2-4-6-13/h2-9,18H,10-11H2,1H3. The number of ketones is 1. The third-order valence-corrected chi connectivity index (χ3v) is 4.44. The number of hydrogen-bond donors (Lipinski definition) is 0. The maximum atomic E-state index is 12.5. The van der Waals surface area contributed by atoms with Gasteiger partial charge in [0.05, 0.1) is 17.7 Å². The van der Waals surface area contributed by atoms with Gasteiger partial charge in [0, 0.05) is 0 Å². The average Bonchev–Trinajstić information content (AvgIpc) is 3.09. The van der Waals surface area contributed by atoms with Gasteiger partial charge < -0.3 is 9.15 Å². The van der Waals surface area contributed by atoms with E-state index in [1.807, 2.05) is 30.3 Å². The molecule has 140 valence electrons. The number of rotatable bonds is 8. The van der Waals surface area contributed by atoms with Crippen LogP contribution < -0.4 is 4.74 Å². The second-order valence-electron chi connectivity index (χ2n) is 5.71. The van der Waals surface area contributed by atoms with E-state index in [0.29, 0.717) is 12.3 Å². The van der Waals surface area contributed by atoms with Crippen LogP contribution >= 0.6 is 11.8 Å². The van der Waals surface area contributed by atoms with Crippen molar-refractivity contribution < 1.29 is 22.7 Å². The molecule has 0 fully saturated rings. The lowest BCUT2D eigenvalue weighted by Gasteiger charge is -2.10. The van der Waals surface area contributed by atoms with Crippen LogP contribution in [0.5, 0.6) is 5.75 Å². The Morgan fingerprint density at radius 3 is 2.70 bits per heavy atom. The first kappa shape index (κ1) is 19.0. The summed E-state index contributed by atoms with van der Waals surface area (Å²) in [6.45, 7) is -1.23. The molecule has 0 atom stereocenters. The van der Waals surface area contributed by atoms with E-state index >= 15 is 0 Å². The van der Waals surface area contributed by atoms with E-state index in [-0.39, 0.29) is 28.1 Å². The summed E-state index contributed by atoms with van der Waals surface area (Å²) in [4.78, 5) is 12.4. The van der Waals surface area contributed by atoms with Crippen LogP contribution in [0.3, 0.4) is 0 Å². The highest BCUT2D eigenvalue weighted by Gasteiger charge is 2.18. The number of Topliss-reactive ketones (excluding diaryl/α,β-unsaturated/α-hetero) is 1. The summed E-state index contributed by atoms with van der Waals surface area (Å²) in [7, 11) is 0. The lowest BCUT2D eigenvalue weighted by Crippen LogP contribution is -2.10. The normalized spacial score (nSPS) is 11.0. The lowest BCUT2D eigenvalue weighted by molar-refractivity contribution is -0.0501. The fourth-order valence-electron chi connectivity index (χ4n) is 2.40. The van der Waals surface area contributed by atoms with E-state index < -0.39 is 6.61 Å². The van der Waals surface area contributed by atoms with Crippen molar-refractivity contribution in [3.8, 4) is 5.75 Å². The molecule has 8 heteroatoms. The number of thioether (sulfide) groups is 1. The van der Waals surface area contributed by atoms with Crippen LogP contribution in [0.15, 0.2) is 58.2 Å². The van der Waals surface area contributed by atoms with E-state index in [0.717, 1.165) is 22.9 Å². The van der Waals surface area contributed by atoms with Crippen molar-refractivity contribution in [1.29, 1.82) is 0 Å². The SMILES string of the molecule is Cc1ccc(OC(F)F)c(C(=O)CSc2nnc(Cc3ccccc3)o2)c1. The first-order valence-corrected chi connectivity index (χ1v) is 9.07. The fourth-order valence-corrected chi connectivity index (χ4v) is 3.07. The second kappa shape index (κ2) is 8.77. The number of halogens is 2. The van der Waals surface area contributed by atoms with Gasteiger partial charge >= 0.3 is 6.61 Å². The van der Waals surface area contributed by atoms with Crippen molar-refractivity contribution in [2.24, 2.45) is 0 Å². The molecule has 2 aromatic carbocycles. The van der Waals surface area contributed by atoms with E-state index in [4.69, 9.17) is 4.42 Å². The number of ether oxygens (including phenoxy) is 1. The van der Waals surface area contributed by atoms with Crippen LogP contribution in [0.2, 0.25) is 0 Å². The molecule has 3 rings (SSSR count). The Kier molecular flexibility index (Phi) is 6.18. The number of aryl methyl sites for hydroxylation is 1. The Morgan fingerprint density at radius 2 is 1.96 bits per heavy atom. The minimum Gasteiger partial charge on any atom is -0.434 e. The first-order valence-electron chi connectivity index (χ1n) is 8.09. The zero-order valence-electron chi connectivity index (χ0n) is 14.4. The van der Waals surface area contributed by atoms with Crippen LogP contribution in [0.1, 0.15) is 27.4 Å². The van der Waals surface area contributed by atoms with Crippen molar-refractivity contribution >= 4 is 17.5 Å². The summed E-state index contributed by atoms with van der Waals surface area (Å²) in [6, 6.07) is 14.1. The summed E-state index contributed by atoms with van der Waals surface area (Å²) in [5.41, 5.74) is 1.90. The summed E-state index contributed by atoms with van der Waals surface area (Å²) in [5, 5.41) is 8.12. The number of aromatic nitrogens is 2. The monoisotopic (exact) mass is 390 g/mol. The van der Waals surface area contributed by atoms with Crippen molar-refractivity contribution in [3.05, 3.63) is 71.1 Å². The maximum absolute atomic E-state index is 12.5. The molecule has 0 bridgehead atoms. The highest BCUT2D eigenvalue weighted by molar-refractivity contribution is 7.99. The molecule has 0 saturated heterocycles. The molecule has 0 amide bonds. The molecule has 0 aliphatic heterocycles. The predicted molar refractivity (Wildman–Crippen MR) is 96.4 cm³/mol. The molecule has 0 N–H and O–H groups in total. The minimum atomic E-state index is -3.00. The number of nitrogens with zero attached hydrogens (tertiary/aromatic N) is 2. The van der Waals surface area contributed by atoms with Gasteiger partial charge in [0.15, 0.2) is 5.78 Å². The van der Waals surface area contributed by atoms with Gasteiger partial charge in [-0.25, -0.2) is 0 Å². The van der Waals surface area contributed by atoms with Crippen molar-refractivity contribution in [3.63, 3.8) is 0 Å². The maximum Gasteiger partial charge on any atom is 0.387 e. The van der Waals surface area contributed by atoms with Crippen LogP contribution in [0.4, 0.5) is 8.78 Å². The van der Waals surface area contributed by atoms with Gasteiger partial charge in [-0.2, -0.15) is 8.78 Å². The third-order valence-electron chi connectivity index (χ3n) is 3.62. The van der Waals surface area contributed by atoms with E-state index in [1.54, 1.807) is 13.0 Å². The van der Waals surface area contributed by atoms with Gasteiger partial charge in [0.25, 0.3) is 5.22 Å². The highest BCUT2D eigenvalue weighted by atomic mass is 32.2. The molecule has 0 unspecified atom stereocenters. The first-order chi connectivity index (χ1) is 13.0. The van der Waals surface area contributed by atoms with Crippen molar-refractivity contribution in [2.75, 3.05) is 5.75 Å². The molecule has 1 heterocycles. The third kappa shape index (κ3) is 5.37. The smallest absolute Gasteiger partial charge is 0.387 e. The number of hydrogen-bond acceptors (Lipinski definition) is 6. The minimum absolute atomic E-state index is 0.0317. The fraction of sp³-hybridized carbons (Fsp3) is 0.211. The number of alkyl halides is 2. The molecule has 0 radical (unpaired) electrons. The molecule has 0 aliphatic carbocycles. The molecule has 0 spiro atoms. The molecular weight excluding hydrogens is 374 g/mol. The largest absolute Gasteiger partial charge is 0.434 e. The van der Waals surface area contributed by atoms with Crippen molar-refractivity contribution in [2.45, 2.75) is 25.2 Å². The summed E-state index contributed by atoms with van der Waals surface area (Å²) in [6.07, 6.45) is 0.493. The quantitative estimate of drug-likeness (QED) is 0.415. The van der Waals surface area contributed by atoms with Gasteiger partial charge in [-0.15, -0.1) is 10.2 Å². The zero-order valence-corrected chi connectivity index (χ0v) is 15.2. The number of benzene rings is 2. The van der Waals surface area contributed by atoms with Gasteiger partial charge in [0.1, 0.15) is 5.75 Å². The van der Waals surface area contributed by atoms with Gasteiger partial charge in [0.2, 0.25) is 5.89 Å². The molecular formula is C19H16F2N2O3S. The second-order valence-corrected chi connectivity index (χ2v) is 6.64. The zero-order chi connectivity index (χ0) is 19.2. The van der Waals surface area contributed by atoms with E-state index in [2.05, 4.69) is 14.9 Å². The lowest BCUT2D eigenvalue weighted by atomic mass is 10.1. The topological polar surface area (TPSA) is 65.2 Å². The molecule has 27 heavy (non-hydrogen) atoms.